The van der Waals surface area contributed by atoms with Crippen molar-refractivity contribution in [1.29, 1.82) is 0 Å². The summed E-state index contributed by atoms with van der Waals surface area (Å²) in [6, 6.07) is 53.0. The number of nitrogens with zero attached hydrogens (tertiary/aromatic N) is 1. The largest absolute Gasteiger partial charge is 0.488 e. The summed E-state index contributed by atoms with van der Waals surface area (Å²) < 4.78 is 94.1. The number of hydrogen-bond acceptors (Lipinski definition) is 11. The van der Waals surface area contributed by atoms with E-state index in [0.29, 0.717) is 71.8 Å². The van der Waals surface area contributed by atoms with Gasteiger partial charge in [0.05, 0.1) is 42.2 Å². The Hall–Kier alpha value is -7.67. The van der Waals surface area contributed by atoms with Gasteiger partial charge in [-0.1, -0.05) is 132 Å². The van der Waals surface area contributed by atoms with Crippen molar-refractivity contribution >= 4 is 76.6 Å². The Morgan fingerprint density at radius 2 is 0.947 bits per heavy atom. The van der Waals surface area contributed by atoms with Crippen molar-refractivity contribution in [2.24, 2.45) is 0 Å². The second kappa shape index (κ2) is 24.3. The van der Waals surface area contributed by atoms with Crippen molar-refractivity contribution in [2.45, 2.75) is 20.1 Å². The third-order valence-corrected chi connectivity index (χ3v) is 15.5. The van der Waals surface area contributed by atoms with Gasteiger partial charge in [0.2, 0.25) is 30.1 Å². The van der Waals surface area contributed by atoms with Gasteiger partial charge in [0.1, 0.15) is 24.7 Å². The number of hydrogen-bond donors (Lipinski definition) is 2. The van der Waals surface area contributed by atoms with Gasteiger partial charge >= 0.3 is 11.9 Å². The molecule has 0 unspecified atom stereocenters. The second-order valence-electron chi connectivity index (χ2n) is 17.1. The fourth-order valence-electron chi connectivity index (χ4n) is 8.10. The Kier molecular flexibility index (Phi) is 18.0. The van der Waals surface area contributed by atoms with Gasteiger partial charge in [-0.3, -0.25) is 4.72 Å². The average molecular weight is 1120 g/mol. The molecule has 0 amide bonds. The predicted molar refractivity (Wildman–Crippen MR) is 300 cm³/mol. The van der Waals surface area contributed by atoms with E-state index in [2.05, 4.69) is 4.72 Å². The zero-order valence-electron chi connectivity index (χ0n) is 41.3. The van der Waals surface area contributed by atoms with Gasteiger partial charge in [-0.05, 0) is 124 Å². The fraction of sp³-hybridized carbons (Fsp3) is 0.123. The van der Waals surface area contributed by atoms with Crippen molar-refractivity contribution in [3.8, 4) is 56.0 Å². The lowest BCUT2D eigenvalue weighted by Gasteiger charge is -2.22. The normalized spacial score (nSPS) is 11.4. The molecule has 0 aromatic heterocycles. The minimum absolute atomic E-state index is 0.0156. The highest BCUT2D eigenvalue weighted by Gasteiger charge is 2.29. The third-order valence-electron chi connectivity index (χ3n) is 11.1. The number of carbonyl (C=O) groups excluding carboxylic acids is 1. The maximum atomic E-state index is 12.8. The highest BCUT2D eigenvalue weighted by atomic mass is 35.5. The molecule has 0 atom stereocenters. The molecule has 0 aliphatic rings. The maximum Gasteiger partial charge on any atom is 0.338 e. The molecule has 0 aliphatic carbocycles. The topological polar surface area (TPSA) is 200 Å². The number of halogens is 2. The molecular weight excluding hydrogens is 1070 g/mol. The van der Waals surface area contributed by atoms with E-state index in [9.17, 15) is 39.9 Å². The number of nitrogens with one attached hydrogen (secondary N) is 1. The number of benzene rings is 8. The van der Waals surface area contributed by atoms with Crippen LogP contribution >= 0.6 is 23.2 Å². The minimum atomic E-state index is -4.28. The van der Waals surface area contributed by atoms with Crippen molar-refractivity contribution in [2.75, 3.05) is 33.8 Å². The van der Waals surface area contributed by atoms with E-state index in [0.717, 1.165) is 41.0 Å². The number of esters is 1. The van der Waals surface area contributed by atoms with Gasteiger partial charge in [-0.2, -0.15) is 3.71 Å². The average Bonchev–Trinajstić information content (AvgIpc) is 3.37. The Balaban J connectivity index is 0.000000224. The molecule has 2 N–H and O–H groups in total. The van der Waals surface area contributed by atoms with Crippen LogP contribution in [0.2, 0.25) is 10.0 Å². The van der Waals surface area contributed by atoms with Crippen LogP contribution in [0.4, 0.5) is 11.4 Å². The predicted octanol–water partition coefficient (Wildman–Crippen LogP) is 12.5. The van der Waals surface area contributed by atoms with Crippen molar-refractivity contribution < 1.29 is 54.2 Å². The Morgan fingerprint density at radius 1 is 0.513 bits per heavy atom. The summed E-state index contributed by atoms with van der Waals surface area (Å²) in [5.41, 5.74) is 6.82. The van der Waals surface area contributed by atoms with Gasteiger partial charge in [0.25, 0.3) is 0 Å². The summed E-state index contributed by atoms with van der Waals surface area (Å²) >= 11 is 12.7. The van der Waals surface area contributed by atoms with Crippen LogP contribution in [0.5, 0.6) is 11.5 Å². The molecule has 8 rings (SSSR count). The molecule has 8 aromatic rings. The molecule has 14 nitrogen and oxygen atoms in total. The number of carboxylic acid groups (broad SMARTS) is 1. The first kappa shape index (κ1) is 56.1. The monoisotopic (exact) mass is 1120 g/mol. The smallest absolute Gasteiger partial charge is 0.338 e. The highest BCUT2D eigenvalue weighted by Crippen LogP contribution is 2.42. The molecule has 19 heteroatoms. The lowest BCUT2D eigenvalue weighted by molar-refractivity contribution is 0.0525. The first-order chi connectivity index (χ1) is 36.1. The Morgan fingerprint density at radius 3 is 1.38 bits per heavy atom. The quantitative estimate of drug-likeness (QED) is 0.0772. The highest BCUT2D eigenvalue weighted by molar-refractivity contribution is 8.09. The van der Waals surface area contributed by atoms with E-state index < -0.39 is 42.0 Å². The van der Waals surface area contributed by atoms with Crippen LogP contribution in [-0.2, 0) is 48.0 Å². The summed E-state index contributed by atoms with van der Waals surface area (Å²) in [7, 11) is -12.2. The molecule has 76 heavy (non-hydrogen) atoms. The second-order valence-corrected chi connectivity index (χ2v) is 23.6. The molecule has 0 spiro atoms. The van der Waals surface area contributed by atoms with E-state index in [4.69, 9.17) is 37.4 Å². The van der Waals surface area contributed by atoms with Gasteiger partial charge in [0.15, 0.2) is 0 Å². The number of carbonyl (C=O) groups is 2. The van der Waals surface area contributed by atoms with Crippen molar-refractivity contribution in [3.05, 3.63) is 214 Å². The van der Waals surface area contributed by atoms with Gasteiger partial charge in [-0.25, -0.2) is 34.8 Å². The SMILES string of the molecule is CCOC(=O)c1cc(-c2ccccc2-c2cc(Cl)ccc2OCc2ccccc2)cc(N(S(C)(=O)=O)S(C)(=O)=O)c1.CS(=O)(=O)Nc1cc(C(=O)O)cc(-c2ccccc2-c2cc(Cl)ccc2OCc2ccccc2)c1. The lowest BCUT2D eigenvalue weighted by Crippen LogP contribution is -2.35. The standard InChI is InChI=1S/C30H28ClNO7S2.C27H22ClNO5S/c1-4-38-30(33)23-16-22(17-25(18-23)32(40(2,34)35)41(3,36)37)26-12-8-9-13-27(26)28-19-24(31)14-15-29(28)39-20-21-10-6-5-7-11-21;1-35(32,33)29-22-14-19(13-20(15-22)27(30)31)23-9-5-6-10-24(23)25-16-21(28)11-12-26(25)34-17-18-7-3-2-4-8-18/h5-19H,4,20H2,1-3H3;2-16,29H,17H2,1H3,(H,30,31). The maximum absolute atomic E-state index is 12.8. The van der Waals surface area contributed by atoms with Crippen LogP contribution < -0.4 is 17.9 Å². The molecule has 8 aromatic carbocycles. The Labute approximate surface area is 452 Å². The number of anilines is 2. The van der Waals surface area contributed by atoms with Gasteiger partial charge in [0, 0.05) is 26.9 Å². The zero-order chi connectivity index (χ0) is 54.8. The van der Waals surface area contributed by atoms with Crippen LogP contribution in [0, 0.1) is 0 Å². The van der Waals surface area contributed by atoms with E-state index in [-0.39, 0.29) is 29.1 Å². The minimum Gasteiger partial charge on any atom is -0.488 e. The summed E-state index contributed by atoms with van der Waals surface area (Å²) in [6.45, 7) is 2.36. The molecule has 0 saturated heterocycles. The molecule has 392 valence electrons. The first-order valence-electron chi connectivity index (χ1n) is 23.1. The van der Waals surface area contributed by atoms with Crippen molar-refractivity contribution in [3.63, 3.8) is 0 Å². The summed E-state index contributed by atoms with van der Waals surface area (Å²) in [4.78, 5) is 24.6. The van der Waals surface area contributed by atoms with Gasteiger partial charge < -0.3 is 19.3 Å². The third kappa shape index (κ3) is 14.8. The van der Waals surface area contributed by atoms with Crippen LogP contribution in [0.15, 0.2) is 182 Å². The number of aromatic carboxylic acids is 1. The zero-order valence-corrected chi connectivity index (χ0v) is 45.3. The molecule has 0 bridgehead atoms. The summed E-state index contributed by atoms with van der Waals surface area (Å²) in [5, 5.41) is 10.6. The van der Waals surface area contributed by atoms with E-state index >= 15 is 0 Å². The number of sulfonamides is 3. The van der Waals surface area contributed by atoms with Gasteiger partial charge in [-0.15, -0.1) is 0 Å². The summed E-state index contributed by atoms with van der Waals surface area (Å²) in [6.07, 6.45) is 2.57. The molecule has 0 heterocycles. The number of carboxylic acids is 1. The van der Waals surface area contributed by atoms with E-state index in [1.807, 2.05) is 97.1 Å². The summed E-state index contributed by atoms with van der Waals surface area (Å²) in [5.74, 6) is -0.754. The van der Waals surface area contributed by atoms with E-state index in [1.165, 1.54) is 30.3 Å². The van der Waals surface area contributed by atoms with Crippen LogP contribution in [0.1, 0.15) is 38.8 Å². The molecule has 0 radical (unpaired) electrons. The molecule has 0 aliphatic heterocycles. The number of rotatable bonds is 18. The molecule has 0 saturated carbocycles. The first-order valence-corrected chi connectivity index (χ1v) is 29.4. The molecule has 0 fully saturated rings. The van der Waals surface area contributed by atoms with Crippen LogP contribution in [-0.4, -0.2) is 67.7 Å². The fourth-order valence-corrected chi connectivity index (χ4v) is 11.9. The number of ether oxygens (including phenoxy) is 3. The molecular formula is C57H50Cl2N2O12S3. The lowest BCUT2D eigenvalue weighted by atomic mass is 9.93. The van der Waals surface area contributed by atoms with E-state index in [1.54, 1.807) is 61.5 Å². The van der Waals surface area contributed by atoms with Crippen molar-refractivity contribution in [1.82, 2.24) is 0 Å². The van der Waals surface area contributed by atoms with Crippen LogP contribution in [0.3, 0.4) is 0 Å². The Bertz CT molecular complexity index is 3740. The van der Waals surface area contributed by atoms with Crippen LogP contribution in [0.25, 0.3) is 44.5 Å².